The van der Waals surface area contributed by atoms with E-state index in [0.29, 0.717) is 13.0 Å². The maximum Gasteiger partial charge on any atom is 0.308 e. The molecule has 1 aromatic heterocycles. The van der Waals surface area contributed by atoms with Crippen LogP contribution in [0.5, 0.6) is 0 Å². The van der Waals surface area contributed by atoms with E-state index in [4.69, 9.17) is 5.11 Å². The predicted molar refractivity (Wildman–Crippen MR) is 61.5 cm³/mol. The van der Waals surface area contributed by atoms with Gasteiger partial charge in [0.15, 0.2) is 0 Å². The SMILES string of the molecule is Cc1cccc2c1cc1n2CC(C(=O)O)C1. The summed E-state index contributed by atoms with van der Waals surface area (Å²) in [6, 6.07) is 8.31. The number of benzene rings is 1. The lowest BCUT2D eigenvalue weighted by Crippen LogP contribution is -2.14. The zero-order valence-corrected chi connectivity index (χ0v) is 9.10. The van der Waals surface area contributed by atoms with Gasteiger partial charge in [-0.3, -0.25) is 4.79 Å². The Labute approximate surface area is 93.3 Å². The monoisotopic (exact) mass is 215 g/mol. The summed E-state index contributed by atoms with van der Waals surface area (Å²) in [7, 11) is 0. The van der Waals surface area contributed by atoms with Gasteiger partial charge in [0.2, 0.25) is 0 Å². The van der Waals surface area contributed by atoms with Crippen LogP contribution in [0.4, 0.5) is 0 Å². The van der Waals surface area contributed by atoms with Gasteiger partial charge in [-0.25, -0.2) is 0 Å². The van der Waals surface area contributed by atoms with E-state index in [9.17, 15) is 4.79 Å². The summed E-state index contributed by atoms with van der Waals surface area (Å²) in [5, 5.41) is 10.3. The number of hydrogen-bond donors (Lipinski definition) is 1. The first-order valence-electron chi connectivity index (χ1n) is 5.47. The number of rotatable bonds is 1. The van der Waals surface area contributed by atoms with Gasteiger partial charge in [0.1, 0.15) is 0 Å². The molecule has 1 N–H and O–H groups in total. The van der Waals surface area contributed by atoms with E-state index in [1.165, 1.54) is 16.5 Å². The highest BCUT2D eigenvalue weighted by atomic mass is 16.4. The molecule has 1 aliphatic rings. The van der Waals surface area contributed by atoms with E-state index >= 15 is 0 Å². The van der Waals surface area contributed by atoms with Crippen LogP contribution in [-0.2, 0) is 17.8 Å². The van der Waals surface area contributed by atoms with Crippen LogP contribution >= 0.6 is 0 Å². The minimum absolute atomic E-state index is 0.250. The summed E-state index contributed by atoms with van der Waals surface area (Å²) < 4.78 is 2.14. The minimum atomic E-state index is -0.690. The third-order valence-electron chi connectivity index (χ3n) is 3.46. The molecule has 2 heterocycles. The van der Waals surface area contributed by atoms with Gasteiger partial charge >= 0.3 is 5.97 Å². The zero-order chi connectivity index (χ0) is 11.3. The number of fused-ring (bicyclic) bond motifs is 3. The Balaban J connectivity index is 2.15. The minimum Gasteiger partial charge on any atom is -0.481 e. The van der Waals surface area contributed by atoms with E-state index in [1.54, 1.807) is 0 Å². The van der Waals surface area contributed by atoms with Crippen molar-refractivity contribution in [2.24, 2.45) is 5.92 Å². The molecule has 1 atom stereocenters. The molecule has 82 valence electrons. The van der Waals surface area contributed by atoms with Gasteiger partial charge in [-0.15, -0.1) is 0 Å². The van der Waals surface area contributed by atoms with Crippen molar-refractivity contribution in [2.75, 3.05) is 0 Å². The van der Waals surface area contributed by atoms with Crippen LogP contribution < -0.4 is 0 Å². The highest BCUT2D eigenvalue weighted by Crippen LogP contribution is 2.30. The van der Waals surface area contributed by atoms with Gasteiger partial charge in [0.25, 0.3) is 0 Å². The van der Waals surface area contributed by atoms with Crippen LogP contribution in [-0.4, -0.2) is 15.6 Å². The normalized spacial score (nSPS) is 18.9. The molecule has 0 radical (unpaired) electrons. The molecule has 1 aromatic carbocycles. The summed E-state index contributed by atoms with van der Waals surface area (Å²) >= 11 is 0. The standard InChI is InChI=1S/C13H13NO2/c1-8-3-2-4-12-11(8)6-10-5-9(13(15)16)7-14(10)12/h2-4,6,9H,5,7H2,1H3,(H,15,16). The Bertz CT molecular complexity index is 583. The Kier molecular flexibility index (Phi) is 1.84. The lowest BCUT2D eigenvalue weighted by atomic mass is 10.1. The molecular weight excluding hydrogens is 202 g/mol. The summed E-state index contributed by atoms with van der Waals surface area (Å²) in [4.78, 5) is 11.0. The molecule has 0 aliphatic carbocycles. The summed E-state index contributed by atoms with van der Waals surface area (Å²) in [5.74, 6) is -0.940. The summed E-state index contributed by atoms with van der Waals surface area (Å²) in [6.07, 6.45) is 0.656. The van der Waals surface area contributed by atoms with E-state index in [0.717, 1.165) is 5.69 Å². The Morgan fingerprint density at radius 1 is 1.50 bits per heavy atom. The molecule has 3 nitrogen and oxygen atoms in total. The average molecular weight is 215 g/mol. The number of carbonyl (C=O) groups is 1. The van der Waals surface area contributed by atoms with Crippen molar-refractivity contribution in [2.45, 2.75) is 19.9 Å². The molecule has 2 aromatic rings. The van der Waals surface area contributed by atoms with Gasteiger partial charge in [-0.2, -0.15) is 0 Å². The van der Waals surface area contributed by atoms with Crippen molar-refractivity contribution >= 4 is 16.9 Å². The third kappa shape index (κ3) is 1.18. The van der Waals surface area contributed by atoms with E-state index in [2.05, 4.69) is 29.7 Å². The van der Waals surface area contributed by atoms with Gasteiger partial charge in [0.05, 0.1) is 5.92 Å². The Morgan fingerprint density at radius 2 is 2.31 bits per heavy atom. The van der Waals surface area contributed by atoms with Crippen molar-refractivity contribution in [3.05, 3.63) is 35.5 Å². The summed E-state index contributed by atoms with van der Waals surface area (Å²) in [6.45, 7) is 2.70. The first kappa shape index (κ1) is 9.46. The molecular formula is C13H13NO2. The number of hydrogen-bond acceptors (Lipinski definition) is 1. The molecule has 0 saturated heterocycles. The number of aromatic nitrogens is 1. The second kappa shape index (κ2) is 3.11. The molecule has 0 spiro atoms. The van der Waals surface area contributed by atoms with Crippen LogP contribution in [0.3, 0.4) is 0 Å². The molecule has 1 unspecified atom stereocenters. The number of aliphatic carboxylic acids is 1. The average Bonchev–Trinajstić information content (AvgIpc) is 2.76. The quantitative estimate of drug-likeness (QED) is 0.792. The molecule has 0 amide bonds. The number of aryl methyl sites for hydroxylation is 1. The fourth-order valence-electron chi connectivity index (χ4n) is 2.58. The van der Waals surface area contributed by atoms with Crippen LogP contribution in [0.15, 0.2) is 24.3 Å². The van der Waals surface area contributed by atoms with E-state index < -0.39 is 5.97 Å². The first-order valence-corrected chi connectivity index (χ1v) is 5.47. The fourth-order valence-corrected chi connectivity index (χ4v) is 2.58. The van der Waals surface area contributed by atoms with Gasteiger partial charge in [-0.1, -0.05) is 12.1 Å². The van der Waals surface area contributed by atoms with Crippen LogP contribution in [0.1, 0.15) is 11.3 Å². The van der Waals surface area contributed by atoms with Gasteiger partial charge in [-0.05, 0) is 24.6 Å². The largest absolute Gasteiger partial charge is 0.481 e. The van der Waals surface area contributed by atoms with Crippen molar-refractivity contribution in [1.82, 2.24) is 4.57 Å². The van der Waals surface area contributed by atoms with E-state index in [-0.39, 0.29) is 5.92 Å². The smallest absolute Gasteiger partial charge is 0.308 e. The maximum absolute atomic E-state index is 11.0. The Hall–Kier alpha value is -1.77. The highest BCUT2D eigenvalue weighted by molar-refractivity contribution is 5.85. The number of carboxylic acids is 1. The summed E-state index contributed by atoms with van der Waals surface area (Å²) in [5.41, 5.74) is 3.57. The molecule has 0 bridgehead atoms. The molecule has 3 rings (SSSR count). The number of nitrogens with zero attached hydrogens (tertiary/aromatic N) is 1. The highest BCUT2D eigenvalue weighted by Gasteiger charge is 2.28. The molecule has 0 saturated carbocycles. The second-order valence-corrected chi connectivity index (χ2v) is 4.49. The lowest BCUT2D eigenvalue weighted by molar-refractivity contribution is -0.141. The maximum atomic E-state index is 11.0. The molecule has 0 fully saturated rings. The van der Waals surface area contributed by atoms with Crippen molar-refractivity contribution in [3.8, 4) is 0 Å². The second-order valence-electron chi connectivity index (χ2n) is 4.49. The first-order chi connectivity index (χ1) is 7.66. The lowest BCUT2D eigenvalue weighted by Gasteiger charge is -2.04. The third-order valence-corrected chi connectivity index (χ3v) is 3.46. The van der Waals surface area contributed by atoms with Crippen LogP contribution in [0, 0.1) is 12.8 Å². The van der Waals surface area contributed by atoms with Crippen LogP contribution in [0.2, 0.25) is 0 Å². The molecule has 16 heavy (non-hydrogen) atoms. The number of carboxylic acid groups (broad SMARTS) is 1. The van der Waals surface area contributed by atoms with Crippen molar-refractivity contribution in [1.29, 1.82) is 0 Å². The van der Waals surface area contributed by atoms with E-state index in [1.807, 2.05) is 6.07 Å². The van der Waals surface area contributed by atoms with Crippen molar-refractivity contribution in [3.63, 3.8) is 0 Å². The molecule has 1 aliphatic heterocycles. The fraction of sp³-hybridized carbons (Fsp3) is 0.308. The van der Waals surface area contributed by atoms with Crippen LogP contribution in [0.25, 0.3) is 10.9 Å². The topological polar surface area (TPSA) is 42.2 Å². The van der Waals surface area contributed by atoms with Gasteiger partial charge < -0.3 is 9.67 Å². The van der Waals surface area contributed by atoms with Crippen molar-refractivity contribution < 1.29 is 9.90 Å². The van der Waals surface area contributed by atoms with Gasteiger partial charge in [0, 0.05) is 29.6 Å². The zero-order valence-electron chi connectivity index (χ0n) is 9.10. The predicted octanol–water partition coefficient (Wildman–Crippen LogP) is 2.21. The molecule has 3 heteroatoms. The Morgan fingerprint density at radius 3 is 3.06 bits per heavy atom.